The van der Waals surface area contributed by atoms with E-state index in [1.165, 1.54) is 0 Å². The minimum atomic E-state index is -1.67. The molecule has 0 aromatic rings. The number of nitrogens with two attached hydrogens (primary N) is 2. The molecule has 2 fully saturated rings. The van der Waals surface area contributed by atoms with Crippen molar-refractivity contribution in [3.8, 4) is 0 Å². The lowest BCUT2D eigenvalue weighted by Gasteiger charge is -2.43. The van der Waals surface area contributed by atoms with Crippen molar-refractivity contribution in [3.05, 3.63) is 0 Å². The molecule has 0 aromatic carbocycles. The second-order valence-electron chi connectivity index (χ2n) is 5.02. The third-order valence-electron chi connectivity index (χ3n) is 3.48. The molecule has 2 saturated heterocycles. The largest absolute Gasteiger partial charge is 0.387 e. The molecule has 11 heteroatoms. The molecule has 2 heterocycles. The Morgan fingerprint density at radius 3 is 1.24 bits per heavy atom. The van der Waals surface area contributed by atoms with Crippen molar-refractivity contribution in [2.45, 2.75) is 61.7 Å². The Morgan fingerprint density at radius 1 is 0.571 bits per heavy atom. The molecule has 0 saturated carbocycles. The molecule has 0 radical (unpaired) electrons. The number of hydrogen-bond acceptors (Lipinski definition) is 11. The minimum absolute atomic E-state index is 1.33. The van der Waals surface area contributed by atoms with Crippen molar-refractivity contribution in [1.82, 2.24) is 0 Å². The Hall–Kier alpha value is -0.440. The summed E-state index contributed by atoms with van der Waals surface area (Å²) in [5.74, 6) is 0. The predicted molar refractivity (Wildman–Crippen MR) is 62.8 cm³/mol. The normalized spacial score (nSPS) is 55.4. The molecule has 0 amide bonds. The van der Waals surface area contributed by atoms with E-state index in [0.29, 0.717) is 0 Å². The van der Waals surface area contributed by atoms with Gasteiger partial charge in [0, 0.05) is 0 Å². The van der Waals surface area contributed by atoms with E-state index in [1.54, 1.807) is 0 Å². The molecule has 2 aliphatic rings. The highest BCUT2D eigenvalue weighted by molar-refractivity contribution is 4.90. The summed E-state index contributed by atoms with van der Waals surface area (Å²) in [6.45, 7) is 0. The van der Waals surface area contributed by atoms with Gasteiger partial charge in [-0.05, 0) is 0 Å². The number of rotatable bonds is 2. The van der Waals surface area contributed by atoms with Crippen LogP contribution >= 0.6 is 0 Å². The highest BCUT2D eigenvalue weighted by Crippen LogP contribution is 2.25. The van der Waals surface area contributed by atoms with Crippen LogP contribution < -0.4 is 11.5 Å². The van der Waals surface area contributed by atoms with Gasteiger partial charge in [-0.25, -0.2) is 0 Å². The van der Waals surface area contributed by atoms with E-state index in [9.17, 15) is 30.6 Å². The fourth-order valence-electron chi connectivity index (χ4n) is 2.10. The first-order valence-corrected chi connectivity index (χ1v) is 6.30. The molecular weight excluding hydrogens is 292 g/mol. The molecule has 0 aliphatic carbocycles. The van der Waals surface area contributed by atoms with Crippen LogP contribution in [-0.2, 0) is 14.2 Å². The van der Waals surface area contributed by atoms with Gasteiger partial charge in [0.2, 0.25) is 0 Å². The molecule has 2 rings (SSSR count). The number of ether oxygens (including phenoxy) is 3. The van der Waals surface area contributed by atoms with E-state index in [2.05, 4.69) is 0 Å². The fraction of sp³-hybridized carbons (Fsp3) is 1.00. The van der Waals surface area contributed by atoms with E-state index >= 15 is 0 Å². The molecule has 0 bridgehead atoms. The Balaban J connectivity index is 2.03. The zero-order valence-electron chi connectivity index (χ0n) is 10.8. The summed E-state index contributed by atoms with van der Waals surface area (Å²) < 4.78 is 15.0. The van der Waals surface area contributed by atoms with Crippen LogP contribution in [0.25, 0.3) is 0 Å². The van der Waals surface area contributed by atoms with Crippen LogP contribution in [0.3, 0.4) is 0 Å². The third-order valence-corrected chi connectivity index (χ3v) is 3.48. The first kappa shape index (κ1) is 16.9. The zero-order valence-corrected chi connectivity index (χ0v) is 10.8. The fourth-order valence-corrected chi connectivity index (χ4v) is 2.10. The summed E-state index contributed by atoms with van der Waals surface area (Å²) in [5, 5.41) is 57.4. The zero-order chi connectivity index (χ0) is 15.9. The quantitative estimate of drug-likeness (QED) is 0.241. The molecule has 0 spiro atoms. The van der Waals surface area contributed by atoms with Crippen molar-refractivity contribution in [2.24, 2.45) is 11.5 Å². The van der Waals surface area contributed by atoms with Crippen LogP contribution in [0.2, 0.25) is 0 Å². The molecule has 2 aliphatic heterocycles. The van der Waals surface area contributed by atoms with Gasteiger partial charge in [0.1, 0.15) is 49.1 Å². The lowest BCUT2D eigenvalue weighted by atomic mass is 10.0. The summed E-state index contributed by atoms with van der Waals surface area (Å²) in [7, 11) is 0. The van der Waals surface area contributed by atoms with Crippen molar-refractivity contribution in [3.63, 3.8) is 0 Å². The van der Waals surface area contributed by atoms with Crippen molar-refractivity contribution >= 4 is 0 Å². The van der Waals surface area contributed by atoms with E-state index in [4.69, 9.17) is 25.7 Å². The second kappa shape index (κ2) is 6.36. The molecule has 124 valence electrons. The van der Waals surface area contributed by atoms with Crippen LogP contribution in [-0.4, -0.2) is 92.3 Å². The average Bonchev–Trinajstić information content (AvgIpc) is 2.45. The van der Waals surface area contributed by atoms with Gasteiger partial charge < -0.3 is 56.3 Å². The van der Waals surface area contributed by atoms with Gasteiger partial charge in [-0.2, -0.15) is 0 Å². The van der Waals surface area contributed by atoms with Crippen molar-refractivity contribution in [2.75, 3.05) is 0 Å². The molecule has 10 atom stereocenters. The summed E-state index contributed by atoms with van der Waals surface area (Å²) in [4.78, 5) is 0. The molecular formula is C10H20N2O9. The maximum absolute atomic E-state index is 9.73. The average molecular weight is 312 g/mol. The van der Waals surface area contributed by atoms with Gasteiger partial charge in [-0.15, -0.1) is 0 Å². The topological polar surface area (TPSA) is 201 Å². The first-order chi connectivity index (χ1) is 9.73. The Bertz CT molecular complexity index is 329. The van der Waals surface area contributed by atoms with E-state index in [1.807, 2.05) is 0 Å². The standard InChI is InChI=1S/C10H20N2O9/c11-7-3(15)1(13)5(17)9(19-7)21-10-6(18)2(14)4(16)8(12)20-10/h1-10,13-18H,11-12H2/t1-,2-,3-,4-,5+,6+,7-,8-,9+,10+/m0/s1. The summed E-state index contributed by atoms with van der Waals surface area (Å²) in [6.07, 6.45) is -15.4. The highest BCUT2D eigenvalue weighted by atomic mass is 16.8. The van der Waals surface area contributed by atoms with Crippen LogP contribution in [0.1, 0.15) is 0 Å². The van der Waals surface area contributed by atoms with Gasteiger partial charge in [0.15, 0.2) is 12.6 Å². The van der Waals surface area contributed by atoms with E-state index < -0.39 is 61.7 Å². The van der Waals surface area contributed by atoms with Crippen molar-refractivity contribution in [1.29, 1.82) is 0 Å². The molecule has 21 heavy (non-hydrogen) atoms. The molecule has 0 unspecified atom stereocenters. The Kier molecular flexibility index (Phi) is 5.12. The van der Waals surface area contributed by atoms with Crippen LogP contribution in [0.4, 0.5) is 0 Å². The van der Waals surface area contributed by atoms with Gasteiger partial charge in [0.25, 0.3) is 0 Å². The highest BCUT2D eigenvalue weighted by Gasteiger charge is 2.48. The maximum Gasteiger partial charge on any atom is 0.191 e. The Morgan fingerprint density at radius 2 is 0.905 bits per heavy atom. The van der Waals surface area contributed by atoms with Gasteiger partial charge >= 0.3 is 0 Å². The number of aliphatic hydroxyl groups excluding tert-OH is 6. The first-order valence-electron chi connectivity index (χ1n) is 6.30. The Labute approximate surface area is 119 Å². The number of aliphatic hydroxyl groups is 6. The summed E-state index contributed by atoms with van der Waals surface area (Å²) in [5.41, 5.74) is 10.8. The third kappa shape index (κ3) is 3.18. The van der Waals surface area contributed by atoms with Crippen molar-refractivity contribution < 1.29 is 44.8 Å². The van der Waals surface area contributed by atoms with Crippen LogP contribution in [0, 0.1) is 0 Å². The number of hydrogen-bond donors (Lipinski definition) is 8. The minimum Gasteiger partial charge on any atom is -0.387 e. The summed E-state index contributed by atoms with van der Waals surface area (Å²) in [6, 6.07) is 0. The van der Waals surface area contributed by atoms with Gasteiger partial charge in [-0.1, -0.05) is 0 Å². The molecule has 0 aromatic heterocycles. The van der Waals surface area contributed by atoms with Crippen LogP contribution in [0.5, 0.6) is 0 Å². The maximum atomic E-state index is 9.73. The van der Waals surface area contributed by atoms with E-state index in [-0.39, 0.29) is 0 Å². The lowest BCUT2D eigenvalue weighted by molar-refractivity contribution is -0.372. The summed E-state index contributed by atoms with van der Waals surface area (Å²) >= 11 is 0. The molecule has 11 nitrogen and oxygen atoms in total. The second-order valence-corrected chi connectivity index (χ2v) is 5.02. The SMILES string of the molecule is N[C@H]1O[C@H](O[C@H]2O[C@H](N)[C@@H](O)[C@H](O)[C@H]2O)[C@H](O)[C@@H](O)[C@@H]1O. The van der Waals surface area contributed by atoms with Crippen LogP contribution in [0.15, 0.2) is 0 Å². The lowest BCUT2D eigenvalue weighted by Crippen LogP contribution is -2.65. The molecule has 10 N–H and O–H groups in total. The monoisotopic (exact) mass is 312 g/mol. The van der Waals surface area contributed by atoms with E-state index in [0.717, 1.165) is 0 Å². The smallest absolute Gasteiger partial charge is 0.191 e. The van der Waals surface area contributed by atoms with Gasteiger partial charge in [0.05, 0.1) is 0 Å². The van der Waals surface area contributed by atoms with Gasteiger partial charge in [-0.3, -0.25) is 0 Å². The predicted octanol–water partition coefficient (Wildman–Crippen LogP) is -5.55.